The van der Waals surface area contributed by atoms with Gasteiger partial charge in [0.2, 0.25) is 0 Å². The molecule has 38 heavy (non-hydrogen) atoms. The van der Waals surface area contributed by atoms with Crippen LogP contribution in [0.25, 0.3) is 0 Å². The number of anilines is 1. The molecular weight excluding hydrogens is 518 g/mol. The second kappa shape index (κ2) is 14.7. The number of nitrogens with zero attached hydrogens (tertiary/aromatic N) is 4. The van der Waals surface area contributed by atoms with Crippen LogP contribution in [-0.2, 0) is 0 Å². The molecule has 0 saturated carbocycles. The predicted molar refractivity (Wildman–Crippen MR) is 143 cm³/mol. The summed E-state index contributed by atoms with van der Waals surface area (Å²) in [6, 6.07) is 17.5. The SMILES string of the molecule is CN(C)C(=O)c1ccc(N)cc1.CN(C)C(=O)c1ccc([N+](=O)[O-])cc1.O=C(Cl)c1ccc([N+](=O)[O-])cc1. The predicted octanol–water partition coefficient (Wildman–Crippen LogP) is 4.24. The maximum Gasteiger partial charge on any atom is 0.269 e. The van der Waals surface area contributed by atoms with Gasteiger partial charge >= 0.3 is 0 Å². The van der Waals surface area contributed by atoms with Gasteiger partial charge in [0.1, 0.15) is 0 Å². The number of carbonyl (C=O) groups is 3. The number of hydrogen-bond donors (Lipinski definition) is 1. The van der Waals surface area contributed by atoms with Crippen LogP contribution in [0.1, 0.15) is 31.1 Å². The Bertz CT molecular complexity index is 1240. The highest BCUT2D eigenvalue weighted by atomic mass is 35.5. The van der Waals surface area contributed by atoms with Gasteiger partial charge in [0, 0.05) is 74.8 Å². The van der Waals surface area contributed by atoms with Crippen molar-refractivity contribution in [1.82, 2.24) is 9.80 Å². The van der Waals surface area contributed by atoms with Crippen LogP contribution in [0.4, 0.5) is 17.1 Å². The van der Waals surface area contributed by atoms with Crippen molar-refractivity contribution in [2.75, 3.05) is 33.9 Å². The third-order valence-electron chi connectivity index (χ3n) is 4.60. The van der Waals surface area contributed by atoms with Crippen molar-refractivity contribution in [3.05, 3.63) is 110 Å². The molecule has 2 amide bonds. The molecule has 3 aromatic carbocycles. The molecule has 0 aliphatic heterocycles. The molecule has 2 N–H and O–H groups in total. The van der Waals surface area contributed by atoms with E-state index in [1.807, 2.05) is 0 Å². The molecule has 200 valence electrons. The van der Waals surface area contributed by atoms with Crippen molar-refractivity contribution >= 4 is 45.7 Å². The molecule has 12 nitrogen and oxygen atoms in total. The van der Waals surface area contributed by atoms with Gasteiger partial charge in [0.15, 0.2) is 0 Å². The van der Waals surface area contributed by atoms with Gasteiger partial charge in [-0.2, -0.15) is 0 Å². The van der Waals surface area contributed by atoms with Crippen LogP contribution in [0.2, 0.25) is 0 Å². The van der Waals surface area contributed by atoms with Crippen LogP contribution >= 0.6 is 11.6 Å². The molecule has 0 fully saturated rings. The average Bonchev–Trinajstić information content (AvgIpc) is 2.89. The lowest BCUT2D eigenvalue weighted by Crippen LogP contribution is -2.21. The molecule has 13 heteroatoms. The molecule has 0 heterocycles. The van der Waals surface area contributed by atoms with E-state index >= 15 is 0 Å². The van der Waals surface area contributed by atoms with Gasteiger partial charge in [-0.05, 0) is 60.1 Å². The molecule has 0 unspecified atom stereocenters. The number of rotatable bonds is 5. The Hall–Kier alpha value is -4.84. The lowest BCUT2D eigenvalue weighted by Gasteiger charge is -2.09. The van der Waals surface area contributed by atoms with Crippen LogP contribution in [0.3, 0.4) is 0 Å². The molecular formula is C25H26ClN5O7. The Morgan fingerprint density at radius 3 is 1.18 bits per heavy atom. The molecule has 0 atom stereocenters. The number of nitro groups is 2. The standard InChI is InChI=1S/C9H10N2O3.C9H12N2O.C7H4ClNO3/c1-10(2)9(12)7-3-5-8(6-4-7)11(13)14;1-11(2)9(12)7-3-5-8(10)6-4-7;8-7(10)5-1-3-6(4-2-5)9(11)12/h3-6H,1-2H3;3-6H,10H2,1-2H3;1-4H. The number of nitro benzene ring substituents is 2. The summed E-state index contributed by atoms with van der Waals surface area (Å²) < 4.78 is 0. The van der Waals surface area contributed by atoms with Gasteiger partial charge in [-0.3, -0.25) is 34.6 Å². The average molecular weight is 544 g/mol. The third kappa shape index (κ3) is 10.0. The molecule has 0 spiro atoms. The minimum atomic E-state index is -0.620. The molecule has 0 radical (unpaired) electrons. The first kappa shape index (κ1) is 31.2. The van der Waals surface area contributed by atoms with Crippen molar-refractivity contribution in [1.29, 1.82) is 0 Å². The monoisotopic (exact) mass is 543 g/mol. The van der Waals surface area contributed by atoms with Crippen molar-refractivity contribution in [3.63, 3.8) is 0 Å². The quantitative estimate of drug-likeness (QED) is 0.215. The van der Waals surface area contributed by atoms with Crippen LogP contribution in [0.5, 0.6) is 0 Å². The Labute approximate surface area is 223 Å². The smallest absolute Gasteiger partial charge is 0.269 e. The lowest BCUT2D eigenvalue weighted by atomic mass is 10.2. The minimum Gasteiger partial charge on any atom is -0.399 e. The summed E-state index contributed by atoms with van der Waals surface area (Å²) in [4.78, 5) is 55.7. The normalized spacial score (nSPS) is 9.50. The van der Waals surface area contributed by atoms with E-state index in [1.54, 1.807) is 52.5 Å². The number of benzene rings is 3. The van der Waals surface area contributed by atoms with Crippen LogP contribution in [-0.4, -0.2) is 64.9 Å². The maximum absolute atomic E-state index is 11.4. The van der Waals surface area contributed by atoms with Crippen molar-refractivity contribution < 1.29 is 24.2 Å². The Morgan fingerprint density at radius 1 is 0.632 bits per heavy atom. The summed E-state index contributed by atoms with van der Waals surface area (Å²) in [7, 11) is 6.70. The topological polar surface area (TPSA) is 170 Å². The van der Waals surface area contributed by atoms with E-state index in [-0.39, 0.29) is 28.8 Å². The largest absolute Gasteiger partial charge is 0.399 e. The molecule has 0 aliphatic carbocycles. The summed E-state index contributed by atoms with van der Waals surface area (Å²) in [6.45, 7) is 0. The summed E-state index contributed by atoms with van der Waals surface area (Å²) in [5.41, 5.74) is 7.44. The van der Waals surface area contributed by atoms with Gasteiger partial charge in [0.05, 0.1) is 9.85 Å². The van der Waals surface area contributed by atoms with Gasteiger partial charge in [0.25, 0.3) is 28.4 Å². The fraction of sp³-hybridized carbons (Fsp3) is 0.160. The fourth-order valence-electron chi connectivity index (χ4n) is 2.58. The third-order valence-corrected chi connectivity index (χ3v) is 4.82. The number of non-ortho nitro benzene ring substituents is 2. The summed E-state index contributed by atoms with van der Waals surface area (Å²) in [5, 5.41) is 19.9. The van der Waals surface area contributed by atoms with E-state index in [9.17, 15) is 34.6 Å². The first-order valence-corrected chi connectivity index (χ1v) is 11.1. The van der Waals surface area contributed by atoms with Gasteiger partial charge in [-0.1, -0.05) is 0 Å². The zero-order valence-electron chi connectivity index (χ0n) is 21.0. The molecule has 0 aliphatic rings. The Balaban J connectivity index is 0.000000286. The summed E-state index contributed by atoms with van der Waals surface area (Å²) in [6.07, 6.45) is 0. The van der Waals surface area contributed by atoms with Crippen LogP contribution in [0.15, 0.2) is 72.8 Å². The zero-order chi connectivity index (χ0) is 29.0. The van der Waals surface area contributed by atoms with Crippen molar-refractivity contribution in [2.24, 2.45) is 0 Å². The van der Waals surface area contributed by atoms with Crippen molar-refractivity contribution in [2.45, 2.75) is 0 Å². The molecule has 0 saturated heterocycles. The number of halogens is 1. The van der Waals surface area contributed by atoms with E-state index < -0.39 is 15.1 Å². The first-order valence-electron chi connectivity index (χ1n) is 10.7. The maximum atomic E-state index is 11.4. The fourth-order valence-corrected chi connectivity index (χ4v) is 2.71. The van der Waals surface area contributed by atoms with Gasteiger partial charge < -0.3 is 15.5 Å². The minimum absolute atomic E-state index is 0.00463. The van der Waals surface area contributed by atoms with E-state index in [1.165, 1.54) is 58.3 Å². The second-order valence-corrected chi connectivity index (χ2v) is 8.25. The second-order valence-electron chi connectivity index (χ2n) is 7.90. The first-order chi connectivity index (χ1) is 17.7. The highest BCUT2D eigenvalue weighted by molar-refractivity contribution is 6.67. The summed E-state index contributed by atoms with van der Waals surface area (Å²) >= 11 is 5.13. The van der Waals surface area contributed by atoms with Gasteiger partial charge in [-0.25, -0.2) is 0 Å². The lowest BCUT2D eigenvalue weighted by molar-refractivity contribution is -0.385. The highest BCUT2D eigenvalue weighted by Crippen LogP contribution is 2.14. The Morgan fingerprint density at radius 2 is 0.921 bits per heavy atom. The van der Waals surface area contributed by atoms with E-state index in [0.29, 0.717) is 16.8 Å². The van der Waals surface area contributed by atoms with E-state index in [0.717, 1.165) is 0 Å². The van der Waals surface area contributed by atoms with E-state index in [2.05, 4.69) is 0 Å². The molecule has 3 rings (SSSR count). The molecule has 0 bridgehead atoms. The number of carbonyl (C=O) groups excluding carboxylic acids is 3. The number of hydrogen-bond acceptors (Lipinski definition) is 8. The van der Waals surface area contributed by atoms with Crippen LogP contribution < -0.4 is 5.73 Å². The number of amides is 2. The molecule has 3 aromatic rings. The van der Waals surface area contributed by atoms with Crippen molar-refractivity contribution in [3.8, 4) is 0 Å². The molecule has 0 aromatic heterocycles. The van der Waals surface area contributed by atoms with Gasteiger partial charge in [-0.15, -0.1) is 0 Å². The summed E-state index contributed by atoms with van der Waals surface area (Å²) in [5.74, 6) is -0.171. The van der Waals surface area contributed by atoms with E-state index in [4.69, 9.17) is 17.3 Å². The zero-order valence-corrected chi connectivity index (χ0v) is 21.8. The number of nitrogen functional groups attached to an aromatic ring is 1. The Kier molecular flexibility index (Phi) is 12.0. The number of nitrogens with two attached hydrogens (primary N) is 1. The van der Waals surface area contributed by atoms with Crippen LogP contribution in [0, 0.1) is 20.2 Å². The highest BCUT2D eigenvalue weighted by Gasteiger charge is 2.10.